The van der Waals surface area contributed by atoms with E-state index >= 15 is 0 Å². The van der Waals surface area contributed by atoms with Gasteiger partial charge in [0.1, 0.15) is 12.9 Å². The molecule has 0 heterocycles. The summed E-state index contributed by atoms with van der Waals surface area (Å²) in [4.78, 5) is 0. The Morgan fingerprint density at radius 2 is 2.00 bits per heavy atom. The molecule has 88 valence electrons. The number of halogens is 3. The summed E-state index contributed by atoms with van der Waals surface area (Å²) in [5.41, 5.74) is 0. The highest BCUT2D eigenvalue weighted by atomic mass is 19.4. The van der Waals surface area contributed by atoms with Crippen LogP contribution in [0.15, 0.2) is 0 Å². The fourth-order valence-corrected chi connectivity index (χ4v) is 0.920. The summed E-state index contributed by atoms with van der Waals surface area (Å²) in [6.45, 7) is 1.05. The maximum absolute atomic E-state index is 11.9. The van der Waals surface area contributed by atoms with Crippen LogP contribution >= 0.6 is 0 Å². The molecule has 0 aromatic heterocycles. The van der Waals surface area contributed by atoms with E-state index in [-0.39, 0.29) is 6.32 Å². The molecule has 0 saturated heterocycles. The third-order valence-corrected chi connectivity index (χ3v) is 1.70. The highest BCUT2D eigenvalue weighted by Gasteiger charge is 2.29. The molecule has 0 aliphatic rings. The molecule has 8 heteroatoms. The second-order valence-electron chi connectivity index (χ2n) is 3.24. The lowest BCUT2D eigenvalue weighted by molar-refractivity contribution is -0.223. The Kier molecular flexibility index (Phi) is 8.94. The summed E-state index contributed by atoms with van der Waals surface area (Å²) in [5, 5.41) is 0. The number of unbranched alkanes of at least 4 members (excludes halogenated alkanes) is 1. The Morgan fingerprint density at radius 3 is 2.50 bits per heavy atom. The van der Waals surface area contributed by atoms with E-state index < -0.39 is 19.1 Å². The molecule has 0 aromatic carbocycles. The van der Waals surface area contributed by atoms with Crippen molar-refractivity contribution in [1.82, 2.24) is 0 Å². The van der Waals surface area contributed by atoms with Crippen LogP contribution in [0.2, 0.25) is 6.32 Å². The van der Waals surface area contributed by atoms with Gasteiger partial charge in [-0.2, -0.15) is 13.2 Å². The first kappa shape index (κ1) is 15.9. The van der Waals surface area contributed by atoms with Crippen molar-refractivity contribution >= 4 is 22.0 Å². The zero-order valence-corrected chi connectivity index (χ0v) is 9.30. The highest BCUT2D eigenvalue weighted by Crippen LogP contribution is 2.16. The third kappa shape index (κ3) is 10.4. The smallest absolute Gasteiger partial charge is 0.353 e. The summed E-state index contributed by atoms with van der Waals surface area (Å²) in [7, 11) is 7.86. The van der Waals surface area contributed by atoms with Crippen LogP contribution in [0.5, 0.6) is 0 Å². The van der Waals surface area contributed by atoms with Crippen molar-refractivity contribution in [2.45, 2.75) is 38.6 Å². The van der Waals surface area contributed by atoms with Gasteiger partial charge in [0.2, 0.25) is 0 Å². The predicted octanol–water partition coefficient (Wildman–Crippen LogP) is 1.53. The van der Waals surface area contributed by atoms with Gasteiger partial charge in [-0.05, 0) is 12.7 Å². The van der Waals surface area contributed by atoms with Crippen LogP contribution < -0.4 is 0 Å². The van der Waals surface area contributed by atoms with Gasteiger partial charge in [-0.1, -0.05) is 13.3 Å². The molecule has 0 aliphatic carbocycles. The first-order valence-corrected chi connectivity index (χ1v) is 5.16. The standard InChI is InChI=1S/C8H14B3F3O2/c1-2-3-4-15-7(5-10-11-9)16-6-8(12,13)14/h7H,2-6H2,1H3. The maximum atomic E-state index is 11.9. The molecule has 0 aromatic rings. The van der Waals surface area contributed by atoms with E-state index in [9.17, 15) is 13.2 Å². The van der Waals surface area contributed by atoms with Crippen LogP contribution in [0.4, 0.5) is 13.2 Å². The lowest BCUT2D eigenvalue weighted by Gasteiger charge is -2.19. The van der Waals surface area contributed by atoms with Crippen LogP contribution in [-0.2, 0) is 9.47 Å². The highest BCUT2D eigenvalue weighted by molar-refractivity contribution is 7.23. The van der Waals surface area contributed by atoms with Crippen molar-refractivity contribution in [3.8, 4) is 0 Å². The fraction of sp³-hybridized carbons (Fsp3) is 1.00. The van der Waals surface area contributed by atoms with Gasteiger partial charge in [0, 0.05) is 21.4 Å². The van der Waals surface area contributed by atoms with Gasteiger partial charge in [0.25, 0.3) is 0 Å². The normalized spacial score (nSPS) is 13.5. The van der Waals surface area contributed by atoms with Crippen LogP contribution in [0.25, 0.3) is 0 Å². The molecule has 1 unspecified atom stereocenters. The van der Waals surface area contributed by atoms with E-state index in [1.165, 1.54) is 14.2 Å². The van der Waals surface area contributed by atoms with Crippen LogP contribution in [0.3, 0.4) is 0 Å². The van der Waals surface area contributed by atoms with Crippen molar-refractivity contribution in [3.63, 3.8) is 0 Å². The topological polar surface area (TPSA) is 18.5 Å². The number of ether oxygens (including phenoxy) is 2. The van der Waals surface area contributed by atoms with Crippen LogP contribution in [0.1, 0.15) is 19.8 Å². The van der Waals surface area contributed by atoms with Gasteiger partial charge in [-0.25, -0.2) is 0 Å². The Bertz CT molecular complexity index is 169. The number of hydrogen-bond acceptors (Lipinski definition) is 2. The van der Waals surface area contributed by atoms with E-state index in [0.29, 0.717) is 6.61 Å². The summed E-state index contributed by atoms with van der Waals surface area (Å²) in [6.07, 6.45) is -3.29. The largest absolute Gasteiger partial charge is 0.411 e. The van der Waals surface area contributed by atoms with E-state index in [1.807, 2.05) is 6.92 Å². The molecular formula is C8H14B3F3O2. The molecule has 0 fully saturated rings. The average Bonchev–Trinajstić information content (AvgIpc) is 2.20. The van der Waals surface area contributed by atoms with E-state index in [2.05, 4.69) is 4.74 Å². The minimum absolute atomic E-state index is 0.219. The predicted molar refractivity (Wildman–Crippen MR) is 58.7 cm³/mol. The Hall–Kier alpha value is -0.0952. The second kappa shape index (κ2) is 8.99. The van der Waals surface area contributed by atoms with Crippen molar-refractivity contribution in [2.24, 2.45) is 0 Å². The van der Waals surface area contributed by atoms with Gasteiger partial charge >= 0.3 is 6.18 Å². The minimum Gasteiger partial charge on any atom is -0.353 e. The van der Waals surface area contributed by atoms with Crippen LogP contribution in [0, 0.1) is 0 Å². The van der Waals surface area contributed by atoms with Crippen LogP contribution in [-0.4, -0.2) is 47.6 Å². The van der Waals surface area contributed by atoms with E-state index in [1.54, 1.807) is 0 Å². The summed E-state index contributed by atoms with van der Waals surface area (Å²) in [6, 6.07) is 0. The quantitative estimate of drug-likeness (QED) is 0.340. The molecule has 0 saturated carbocycles. The molecule has 0 rings (SSSR count). The molecule has 4 radical (unpaired) electrons. The molecule has 2 nitrogen and oxygen atoms in total. The van der Waals surface area contributed by atoms with Crippen molar-refractivity contribution in [3.05, 3.63) is 0 Å². The first-order valence-electron chi connectivity index (χ1n) is 5.16. The number of hydrogen-bond donors (Lipinski definition) is 0. The van der Waals surface area contributed by atoms with Gasteiger partial charge < -0.3 is 9.47 Å². The second-order valence-corrected chi connectivity index (χ2v) is 3.24. The lowest BCUT2D eigenvalue weighted by atomic mass is 9.27. The summed E-state index contributed by atoms with van der Waals surface area (Å²) >= 11 is 0. The Morgan fingerprint density at radius 1 is 1.31 bits per heavy atom. The van der Waals surface area contributed by atoms with Crippen molar-refractivity contribution < 1.29 is 22.6 Å². The Labute approximate surface area is 97.1 Å². The third-order valence-electron chi connectivity index (χ3n) is 1.70. The number of alkyl halides is 3. The molecule has 0 N–H and O–H groups in total. The van der Waals surface area contributed by atoms with Gasteiger partial charge in [-0.15, -0.1) is 0 Å². The first-order chi connectivity index (χ1) is 7.49. The number of rotatable bonds is 9. The molecule has 1 atom stereocenters. The summed E-state index contributed by atoms with van der Waals surface area (Å²) < 4.78 is 45.5. The van der Waals surface area contributed by atoms with Crippen molar-refractivity contribution in [1.29, 1.82) is 0 Å². The molecule has 0 amide bonds. The van der Waals surface area contributed by atoms with E-state index in [4.69, 9.17) is 12.5 Å². The monoisotopic (exact) mass is 232 g/mol. The SMILES string of the molecule is [B][B][B]CC(OCCCC)OCC(F)(F)F. The molecule has 16 heavy (non-hydrogen) atoms. The molecule has 0 spiro atoms. The maximum Gasteiger partial charge on any atom is 0.411 e. The zero-order chi connectivity index (χ0) is 12.4. The van der Waals surface area contributed by atoms with Gasteiger partial charge in [0.15, 0.2) is 0 Å². The minimum atomic E-state index is -4.33. The van der Waals surface area contributed by atoms with E-state index in [0.717, 1.165) is 12.8 Å². The molecule has 0 bridgehead atoms. The Balaban J connectivity index is 3.80. The van der Waals surface area contributed by atoms with Gasteiger partial charge in [0.05, 0.1) is 7.17 Å². The van der Waals surface area contributed by atoms with Crippen molar-refractivity contribution in [2.75, 3.05) is 13.2 Å². The molecule has 0 aliphatic heterocycles. The average molecular weight is 232 g/mol. The summed E-state index contributed by atoms with van der Waals surface area (Å²) in [5.74, 6) is 0. The lowest BCUT2D eigenvalue weighted by Crippen LogP contribution is -2.27. The fourth-order valence-electron chi connectivity index (χ4n) is 0.920. The molecular weight excluding hydrogens is 218 g/mol. The van der Waals surface area contributed by atoms with Gasteiger partial charge in [-0.3, -0.25) is 0 Å². The zero-order valence-electron chi connectivity index (χ0n) is 9.30.